The zero-order chi connectivity index (χ0) is 11.9. The van der Waals surface area contributed by atoms with Gasteiger partial charge in [0.25, 0.3) is 0 Å². The summed E-state index contributed by atoms with van der Waals surface area (Å²) in [6.45, 7) is 7.15. The molecule has 1 aromatic rings. The second-order valence-electron chi connectivity index (χ2n) is 5.11. The average Bonchev–Trinajstić information content (AvgIpc) is 2.23. The Morgan fingerprint density at radius 3 is 2.38 bits per heavy atom. The van der Waals surface area contributed by atoms with Gasteiger partial charge in [-0.1, -0.05) is 61.8 Å². The molecule has 0 nitrogen and oxygen atoms in total. The Balaban J connectivity index is 2.34. The van der Waals surface area contributed by atoms with Crippen LogP contribution in [0.5, 0.6) is 0 Å². The molecule has 1 aromatic carbocycles. The fraction of sp³-hybridized carbons (Fsp3) is 0.333. The first-order valence-corrected chi connectivity index (χ1v) is 9.47. The second-order valence-corrected chi connectivity index (χ2v) is 10.6. The minimum absolute atomic E-state index is 0.860. The highest BCUT2D eigenvalue weighted by Crippen LogP contribution is 2.08. The normalized spacial score (nSPS) is 11.2. The third-order valence-corrected chi connectivity index (χ3v) is 3.58. The molecule has 0 N–H and O–H groups in total. The molecule has 0 fully saturated rings. The molecule has 0 aromatic heterocycles. The van der Waals surface area contributed by atoms with Crippen molar-refractivity contribution in [1.29, 1.82) is 0 Å². The van der Waals surface area contributed by atoms with E-state index in [0.717, 1.165) is 12.0 Å². The minimum Gasteiger partial charge on any atom is -0.0937 e. The lowest BCUT2D eigenvalue weighted by atomic mass is 10.2. The lowest BCUT2D eigenvalue weighted by molar-refractivity contribution is 1.41. The molecule has 0 atom stereocenters. The summed E-state index contributed by atoms with van der Waals surface area (Å²) in [5, 5.41) is 0. The van der Waals surface area contributed by atoms with E-state index in [1.165, 1.54) is 6.04 Å². The number of rotatable bonds is 3. The van der Waals surface area contributed by atoms with Crippen molar-refractivity contribution in [3.05, 3.63) is 48.0 Å². The number of allylic oxidation sites excluding steroid dienone is 2. The molecule has 0 unspecified atom stereocenters. The fourth-order valence-electron chi connectivity index (χ4n) is 1.25. The highest BCUT2D eigenvalue weighted by atomic mass is 28.3. The molecular formula is C15H20Si. The molecule has 1 rings (SSSR count). The van der Waals surface area contributed by atoms with Crippen molar-refractivity contribution in [3.63, 3.8) is 0 Å². The molecule has 16 heavy (non-hydrogen) atoms. The van der Waals surface area contributed by atoms with E-state index in [1.54, 1.807) is 0 Å². The number of hydrogen-bond donors (Lipinski definition) is 0. The molecule has 0 heterocycles. The molecule has 0 amide bonds. The van der Waals surface area contributed by atoms with Gasteiger partial charge in [-0.3, -0.25) is 0 Å². The van der Waals surface area contributed by atoms with Gasteiger partial charge in [0, 0.05) is 20.1 Å². The van der Waals surface area contributed by atoms with E-state index in [1.807, 2.05) is 30.3 Å². The van der Waals surface area contributed by atoms with Crippen molar-refractivity contribution in [3.8, 4) is 11.8 Å². The Labute approximate surface area is 100 Å². The molecule has 0 bridgehead atoms. The van der Waals surface area contributed by atoms with Crippen molar-refractivity contribution in [2.45, 2.75) is 32.1 Å². The highest BCUT2D eigenvalue weighted by molar-refractivity contribution is 6.76. The summed E-state index contributed by atoms with van der Waals surface area (Å²) in [4.78, 5) is 0. The van der Waals surface area contributed by atoms with Crippen LogP contribution in [0.2, 0.25) is 25.7 Å². The van der Waals surface area contributed by atoms with Crippen LogP contribution in [0.25, 0.3) is 0 Å². The van der Waals surface area contributed by atoms with Crippen molar-refractivity contribution in [2.24, 2.45) is 0 Å². The summed E-state index contributed by atoms with van der Waals surface area (Å²) in [5.74, 6) is 6.32. The predicted molar refractivity (Wildman–Crippen MR) is 75.2 cm³/mol. The smallest absolute Gasteiger partial charge is 0.0480 e. The first-order chi connectivity index (χ1) is 7.58. The topological polar surface area (TPSA) is 0 Å². The molecule has 84 valence electrons. The van der Waals surface area contributed by atoms with E-state index in [4.69, 9.17) is 0 Å². The van der Waals surface area contributed by atoms with Crippen LogP contribution in [-0.4, -0.2) is 8.07 Å². The van der Waals surface area contributed by atoms with E-state index in [9.17, 15) is 0 Å². The molecule has 0 aliphatic carbocycles. The first kappa shape index (κ1) is 12.8. The Morgan fingerprint density at radius 1 is 1.06 bits per heavy atom. The van der Waals surface area contributed by atoms with Gasteiger partial charge < -0.3 is 0 Å². The Kier molecular flexibility index (Phi) is 5.08. The lowest BCUT2D eigenvalue weighted by Gasteiger charge is -2.11. The minimum atomic E-state index is -0.916. The van der Waals surface area contributed by atoms with Gasteiger partial charge in [0.1, 0.15) is 0 Å². The van der Waals surface area contributed by atoms with Crippen molar-refractivity contribution >= 4 is 8.07 Å². The van der Waals surface area contributed by atoms with Gasteiger partial charge in [0.05, 0.1) is 0 Å². The molecule has 0 saturated heterocycles. The fourth-order valence-corrected chi connectivity index (χ4v) is 2.13. The molecule has 0 saturated carbocycles. The molecule has 0 spiro atoms. The van der Waals surface area contributed by atoms with E-state index in [-0.39, 0.29) is 0 Å². The largest absolute Gasteiger partial charge is 0.0937 e. The second kappa shape index (κ2) is 6.35. The Bertz CT molecular complexity index is 385. The van der Waals surface area contributed by atoms with Crippen LogP contribution >= 0.6 is 0 Å². The molecule has 0 aliphatic rings. The maximum Gasteiger partial charge on any atom is 0.0480 e. The van der Waals surface area contributed by atoms with Gasteiger partial charge in [-0.05, 0) is 18.2 Å². The van der Waals surface area contributed by atoms with Gasteiger partial charge in [0.2, 0.25) is 0 Å². The first-order valence-electron chi connectivity index (χ1n) is 5.77. The highest BCUT2D eigenvalue weighted by Gasteiger charge is 2.08. The van der Waals surface area contributed by atoms with E-state index >= 15 is 0 Å². The van der Waals surface area contributed by atoms with Gasteiger partial charge in [-0.15, -0.1) is 0 Å². The SMILES string of the molecule is C[Si](C)(C)C/C=C/CC#Cc1ccccc1. The van der Waals surface area contributed by atoms with Crippen LogP contribution in [0.3, 0.4) is 0 Å². The zero-order valence-corrected chi connectivity index (χ0v) is 11.5. The third-order valence-electron chi connectivity index (χ3n) is 2.12. The van der Waals surface area contributed by atoms with Crippen molar-refractivity contribution < 1.29 is 0 Å². The quantitative estimate of drug-likeness (QED) is 0.410. The summed E-state index contributed by atoms with van der Waals surface area (Å²) in [5.41, 5.74) is 1.10. The monoisotopic (exact) mass is 228 g/mol. The van der Waals surface area contributed by atoms with Crippen LogP contribution in [0.1, 0.15) is 12.0 Å². The molecule has 0 aliphatic heterocycles. The molecule has 0 radical (unpaired) electrons. The summed E-state index contributed by atoms with van der Waals surface area (Å²) in [6.07, 6.45) is 5.33. The maximum atomic E-state index is 3.17. The van der Waals surface area contributed by atoms with Crippen LogP contribution in [0.15, 0.2) is 42.5 Å². The summed E-state index contributed by atoms with van der Waals surface area (Å²) in [6, 6.07) is 11.4. The van der Waals surface area contributed by atoms with Crippen LogP contribution in [0.4, 0.5) is 0 Å². The van der Waals surface area contributed by atoms with E-state index in [0.29, 0.717) is 0 Å². The standard InChI is InChI=1S/C15H20Si/c1-16(2,3)14-10-5-4-7-11-15-12-8-6-9-13-15/h5-6,8-10,12-13H,4,14H2,1-3H3/b10-5+. The van der Waals surface area contributed by atoms with Gasteiger partial charge >= 0.3 is 0 Å². The van der Waals surface area contributed by atoms with Gasteiger partial charge in [0.15, 0.2) is 0 Å². The van der Waals surface area contributed by atoms with Crippen molar-refractivity contribution in [1.82, 2.24) is 0 Å². The number of benzene rings is 1. The van der Waals surface area contributed by atoms with E-state index < -0.39 is 8.07 Å². The third kappa shape index (κ3) is 6.26. The Hall–Kier alpha value is -1.26. The lowest BCUT2D eigenvalue weighted by Crippen LogP contribution is -2.17. The van der Waals surface area contributed by atoms with Crippen molar-refractivity contribution in [2.75, 3.05) is 0 Å². The molecule has 1 heteroatoms. The predicted octanol–water partition coefficient (Wildman–Crippen LogP) is 4.32. The summed E-state index contributed by atoms with van der Waals surface area (Å²) < 4.78 is 0. The maximum absolute atomic E-state index is 3.17. The average molecular weight is 228 g/mol. The number of hydrogen-bond acceptors (Lipinski definition) is 0. The van der Waals surface area contributed by atoms with Crippen LogP contribution in [-0.2, 0) is 0 Å². The van der Waals surface area contributed by atoms with Crippen LogP contribution in [0, 0.1) is 11.8 Å². The van der Waals surface area contributed by atoms with Gasteiger partial charge in [-0.25, -0.2) is 0 Å². The van der Waals surface area contributed by atoms with Crippen LogP contribution < -0.4 is 0 Å². The molecular weight excluding hydrogens is 208 g/mol. The van der Waals surface area contributed by atoms with E-state index in [2.05, 4.69) is 43.6 Å². The zero-order valence-electron chi connectivity index (χ0n) is 10.5. The summed E-state index contributed by atoms with van der Waals surface area (Å²) in [7, 11) is -0.916. The summed E-state index contributed by atoms with van der Waals surface area (Å²) >= 11 is 0. The van der Waals surface area contributed by atoms with Gasteiger partial charge in [-0.2, -0.15) is 0 Å². The Morgan fingerprint density at radius 2 is 1.75 bits per heavy atom.